The Labute approximate surface area is 329 Å². The zero-order valence-corrected chi connectivity index (χ0v) is 35.0. The first-order valence-corrected chi connectivity index (χ1v) is 20.5. The van der Waals surface area contributed by atoms with Crippen LogP contribution in [0.25, 0.3) is 0 Å². The molecule has 5 N–H and O–H groups in total. The Morgan fingerprint density at radius 2 is 1.69 bits per heavy atom. The van der Waals surface area contributed by atoms with Crippen LogP contribution in [-0.4, -0.2) is 133 Å². The van der Waals surface area contributed by atoms with Crippen molar-refractivity contribution in [3.63, 3.8) is 0 Å². The summed E-state index contributed by atoms with van der Waals surface area (Å²) in [6, 6.07) is 5.48. The number of amides is 4. The molecule has 3 fully saturated rings. The van der Waals surface area contributed by atoms with Gasteiger partial charge in [0.05, 0.1) is 55.3 Å². The van der Waals surface area contributed by atoms with Crippen molar-refractivity contribution in [3.8, 4) is 0 Å². The van der Waals surface area contributed by atoms with Gasteiger partial charge in [0.25, 0.3) is 0 Å². The number of nitrogens with one attached hydrogen (secondary N) is 2. The van der Waals surface area contributed by atoms with Crippen LogP contribution in [0.4, 0.5) is 5.69 Å². The Morgan fingerprint density at radius 3 is 2.24 bits per heavy atom. The van der Waals surface area contributed by atoms with Gasteiger partial charge in [-0.25, -0.2) is 0 Å². The number of carbonyl (C=O) groups is 4. The first kappa shape index (κ1) is 44.5. The molecule has 1 saturated carbocycles. The van der Waals surface area contributed by atoms with Crippen LogP contribution in [-0.2, 0) is 35.1 Å². The van der Waals surface area contributed by atoms with Crippen molar-refractivity contribution in [1.29, 1.82) is 0 Å². The summed E-state index contributed by atoms with van der Waals surface area (Å²) < 4.78 is 12.0. The molecule has 13 heteroatoms. The molecule has 2 aliphatic heterocycles. The summed E-state index contributed by atoms with van der Waals surface area (Å²) >= 11 is 0. The summed E-state index contributed by atoms with van der Waals surface area (Å²) in [5, 5.41) is 16.2. The van der Waals surface area contributed by atoms with Crippen LogP contribution in [0.1, 0.15) is 85.6 Å². The van der Waals surface area contributed by atoms with Crippen molar-refractivity contribution in [2.24, 2.45) is 29.6 Å². The summed E-state index contributed by atoms with van der Waals surface area (Å²) in [7, 11) is 6.92. The highest BCUT2D eigenvalue weighted by Crippen LogP contribution is 2.46. The van der Waals surface area contributed by atoms with E-state index in [-0.39, 0.29) is 66.5 Å². The number of methoxy groups -OCH3 is 2. The molecule has 1 aromatic rings. The van der Waals surface area contributed by atoms with Gasteiger partial charge in [-0.2, -0.15) is 0 Å². The van der Waals surface area contributed by atoms with Gasteiger partial charge in [0, 0.05) is 39.5 Å². The van der Waals surface area contributed by atoms with E-state index in [1.54, 1.807) is 50.1 Å². The molecule has 310 valence electrons. The van der Waals surface area contributed by atoms with Crippen molar-refractivity contribution < 1.29 is 33.8 Å². The zero-order valence-electron chi connectivity index (χ0n) is 35.0. The number of aliphatic hydroxyl groups is 1. The van der Waals surface area contributed by atoms with E-state index in [9.17, 15) is 24.3 Å². The third kappa shape index (κ3) is 10.0. The largest absolute Gasteiger partial charge is 0.399 e. The second-order valence-electron chi connectivity index (χ2n) is 16.9. The van der Waals surface area contributed by atoms with Crippen LogP contribution >= 0.6 is 0 Å². The van der Waals surface area contributed by atoms with E-state index in [0.717, 1.165) is 31.2 Å². The number of fused-ring (bicyclic) bond motifs is 2. The fourth-order valence-corrected chi connectivity index (χ4v) is 9.79. The number of likely N-dealkylation sites (tertiary alicyclic amines) is 2. The predicted molar refractivity (Wildman–Crippen MR) is 214 cm³/mol. The standard InChI is InChI=1S/C42H70N6O7/c1-11-25(4)37(47(8)42(53)36(24(2)3)45-41(52)38-31-18-19-32(26(31)5)46(38)7)34(54-9)22-35(50)48-20-12-13-33(48)39(55-10)27(6)40(51)44-30(23-49)21-28-14-16-29(43)17-15-28/h14-17,24-27,30-34,36-39,49H,11-13,18-23,43H2,1-10H3,(H,44,51)(H,45,52)/t25-,26-,27+,30-,31-,32-,33-,34+,36-,37?,38-,39+/m0/s1. The minimum absolute atomic E-state index is 0.00899. The maximum absolute atomic E-state index is 14.4. The van der Waals surface area contributed by atoms with Crippen LogP contribution < -0.4 is 16.4 Å². The number of likely N-dealkylation sites (N-methyl/N-ethyl adjacent to an activating group) is 2. The number of nitrogens with two attached hydrogens (primary N) is 1. The smallest absolute Gasteiger partial charge is 0.245 e. The number of nitrogen functional groups attached to an aromatic ring is 1. The lowest BCUT2D eigenvalue weighted by atomic mass is 9.89. The summed E-state index contributed by atoms with van der Waals surface area (Å²) in [4.78, 5) is 61.6. The number of hydrogen-bond donors (Lipinski definition) is 4. The van der Waals surface area contributed by atoms with Gasteiger partial charge >= 0.3 is 0 Å². The van der Waals surface area contributed by atoms with Gasteiger partial charge in [-0.05, 0) is 80.5 Å². The van der Waals surface area contributed by atoms with E-state index in [1.165, 1.54) is 0 Å². The molecule has 1 aromatic carbocycles. The number of aliphatic hydroxyl groups excluding tert-OH is 1. The van der Waals surface area contributed by atoms with Crippen LogP contribution in [0.2, 0.25) is 0 Å². The Morgan fingerprint density at radius 1 is 1.02 bits per heavy atom. The third-order valence-corrected chi connectivity index (χ3v) is 13.2. The number of hydrogen-bond acceptors (Lipinski definition) is 9. The van der Waals surface area contributed by atoms with Crippen molar-refractivity contribution in [2.75, 3.05) is 47.2 Å². The summed E-state index contributed by atoms with van der Waals surface area (Å²) in [5.41, 5.74) is 7.40. The normalized spacial score (nSPS) is 26.3. The topological polar surface area (TPSA) is 167 Å². The summed E-state index contributed by atoms with van der Waals surface area (Å²) in [6.07, 6.45) is 3.60. The van der Waals surface area contributed by atoms with E-state index in [2.05, 4.69) is 36.3 Å². The number of piperidine rings is 1. The maximum Gasteiger partial charge on any atom is 0.245 e. The lowest BCUT2D eigenvalue weighted by molar-refractivity contribution is -0.148. The quantitative estimate of drug-likeness (QED) is 0.155. The van der Waals surface area contributed by atoms with E-state index < -0.39 is 36.3 Å². The maximum atomic E-state index is 14.4. The lowest BCUT2D eigenvalue weighted by Crippen LogP contribution is -2.60. The minimum atomic E-state index is -0.727. The molecule has 4 rings (SSSR count). The molecule has 2 saturated heterocycles. The fraction of sp³-hybridized carbons (Fsp3) is 0.762. The van der Waals surface area contributed by atoms with Crippen LogP contribution in [0.15, 0.2) is 24.3 Å². The Kier molecular flexibility index (Phi) is 16.0. The first-order chi connectivity index (χ1) is 26.1. The lowest BCUT2D eigenvalue weighted by Gasteiger charge is -2.41. The van der Waals surface area contributed by atoms with E-state index in [0.29, 0.717) is 37.0 Å². The van der Waals surface area contributed by atoms with Crippen molar-refractivity contribution in [3.05, 3.63) is 29.8 Å². The van der Waals surface area contributed by atoms with E-state index in [1.807, 2.05) is 33.0 Å². The molecular weight excluding hydrogens is 700 g/mol. The van der Waals surface area contributed by atoms with Gasteiger partial charge in [-0.1, -0.05) is 60.1 Å². The average molecular weight is 771 g/mol. The number of anilines is 1. The molecule has 13 nitrogen and oxygen atoms in total. The molecule has 55 heavy (non-hydrogen) atoms. The van der Waals surface area contributed by atoms with Gasteiger partial charge in [0.1, 0.15) is 6.04 Å². The molecule has 1 aliphatic carbocycles. The van der Waals surface area contributed by atoms with Gasteiger partial charge in [-0.15, -0.1) is 0 Å². The molecule has 1 unspecified atom stereocenters. The van der Waals surface area contributed by atoms with Crippen LogP contribution in [0.5, 0.6) is 0 Å². The van der Waals surface area contributed by atoms with Gasteiger partial charge in [0.2, 0.25) is 23.6 Å². The number of benzene rings is 1. The SMILES string of the molecule is CC[C@H](C)C([C@@H](CC(=O)N1CCC[C@H]1[C@H](OC)[C@@H](C)C(=O)N[C@H](CO)Cc1ccc(N)cc1)OC)N(C)C(=O)[C@@H](NC(=O)[C@@H]1[C@H]2CC[C@@H]([C@H]2C)N1C)C(C)C. The number of carbonyl (C=O) groups excluding carboxylic acids is 4. The van der Waals surface area contributed by atoms with Crippen molar-refractivity contribution >= 4 is 29.3 Å². The molecule has 2 bridgehead atoms. The minimum Gasteiger partial charge on any atom is -0.399 e. The highest BCUT2D eigenvalue weighted by molar-refractivity contribution is 5.90. The molecule has 12 atom stereocenters. The second-order valence-corrected chi connectivity index (χ2v) is 16.9. The fourth-order valence-electron chi connectivity index (χ4n) is 9.79. The van der Waals surface area contributed by atoms with Crippen LogP contribution in [0.3, 0.4) is 0 Å². The molecule has 0 spiro atoms. The monoisotopic (exact) mass is 771 g/mol. The van der Waals surface area contributed by atoms with Crippen molar-refractivity contribution in [1.82, 2.24) is 25.3 Å². The molecule has 3 aliphatic rings. The van der Waals surface area contributed by atoms with E-state index in [4.69, 9.17) is 15.2 Å². The number of rotatable bonds is 19. The highest BCUT2D eigenvalue weighted by atomic mass is 16.5. The molecule has 4 amide bonds. The number of ether oxygens (including phenoxy) is 2. The Balaban J connectivity index is 1.45. The molecular formula is C42H70N6O7. The average Bonchev–Trinajstić information content (AvgIpc) is 3.86. The van der Waals surface area contributed by atoms with Crippen LogP contribution in [0, 0.1) is 29.6 Å². The van der Waals surface area contributed by atoms with Gasteiger partial charge in [-0.3, -0.25) is 24.1 Å². The first-order valence-electron chi connectivity index (χ1n) is 20.5. The second kappa shape index (κ2) is 19.7. The molecule has 2 heterocycles. The zero-order chi connectivity index (χ0) is 40.7. The van der Waals surface area contributed by atoms with Crippen molar-refractivity contribution in [2.45, 2.75) is 135 Å². The van der Waals surface area contributed by atoms with E-state index >= 15 is 0 Å². The van der Waals surface area contributed by atoms with Gasteiger partial charge in [0.15, 0.2) is 0 Å². The highest BCUT2D eigenvalue weighted by Gasteiger charge is 2.53. The summed E-state index contributed by atoms with van der Waals surface area (Å²) in [6.45, 7) is 12.3. The third-order valence-electron chi connectivity index (χ3n) is 13.2. The summed E-state index contributed by atoms with van der Waals surface area (Å²) in [5.74, 6) is -0.711. The number of nitrogens with zero attached hydrogens (tertiary/aromatic N) is 3. The molecule has 0 radical (unpaired) electrons. The van der Waals surface area contributed by atoms with Gasteiger partial charge < -0.3 is 40.7 Å². The Hall–Kier alpha value is -3.26. The Bertz CT molecular complexity index is 1440. The molecule has 0 aromatic heterocycles. The predicted octanol–water partition coefficient (Wildman–Crippen LogP) is 3.08.